The third-order valence-corrected chi connectivity index (χ3v) is 5.28. The molecular formula is C18H22N4O3S. The number of carbonyl (C=O) groups excluding carboxylic acids is 2. The van der Waals surface area contributed by atoms with E-state index in [1.54, 1.807) is 4.90 Å². The van der Waals surface area contributed by atoms with E-state index < -0.39 is 0 Å². The molecule has 0 spiro atoms. The number of piperidine rings is 1. The lowest BCUT2D eigenvalue weighted by Crippen LogP contribution is -2.42. The van der Waals surface area contributed by atoms with Gasteiger partial charge in [0.05, 0.1) is 0 Å². The lowest BCUT2D eigenvalue weighted by molar-refractivity contribution is -0.138. The molecule has 138 valence electrons. The van der Waals surface area contributed by atoms with Crippen molar-refractivity contribution in [2.75, 3.05) is 32.1 Å². The van der Waals surface area contributed by atoms with Crippen molar-refractivity contribution in [3.63, 3.8) is 0 Å². The molecule has 0 atom stereocenters. The maximum atomic E-state index is 12.6. The molecule has 1 N–H and O–H groups in total. The molecule has 0 bridgehead atoms. The van der Waals surface area contributed by atoms with Crippen molar-refractivity contribution in [3.05, 3.63) is 29.3 Å². The van der Waals surface area contributed by atoms with Gasteiger partial charge in [0.2, 0.25) is 11.8 Å². The Morgan fingerprint density at radius 1 is 1.31 bits per heavy atom. The van der Waals surface area contributed by atoms with Crippen LogP contribution in [0, 0.1) is 12.8 Å². The van der Waals surface area contributed by atoms with Gasteiger partial charge >= 0.3 is 0 Å². The smallest absolute Gasteiger partial charge is 0.248 e. The number of nitrogens with one attached hydrogen (secondary N) is 1. The summed E-state index contributed by atoms with van der Waals surface area (Å²) in [6, 6.07) is 7.63. The molecule has 7 nitrogen and oxygen atoms in total. The summed E-state index contributed by atoms with van der Waals surface area (Å²) in [5, 5.41) is 12.9. The van der Waals surface area contributed by atoms with E-state index in [0.29, 0.717) is 25.9 Å². The monoisotopic (exact) mass is 374 g/mol. The fourth-order valence-corrected chi connectivity index (χ4v) is 3.68. The molecule has 1 aromatic carbocycles. The highest BCUT2D eigenvalue weighted by Crippen LogP contribution is 2.26. The standard InChI is InChI=1S/C18H22N4O3S/c1-12-20-21-18(26-12)14-4-3-5-15(10-14)19-17(24)13-6-8-22(9-7-13)16(23)11-25-2/h3-5,10,13H,6-9,11H2,1-2H3,(H,19,24). The van der Waals surface area contributed by atoms with E-state index in [2.05, 4.69) is 15.5 Å². The van der Waals surface area contributed by atoms with Crippen molar-refractivity contribution in [3.8, 4) is 10.6 Å². The number of anilines is 1. The molecule has 1 aliphatic rings. The highest BCUT2D eigenvalue weighted by molar-refractivity contribution is 7.14. The van der Waals surface area contributed by atoms with E-state index in [9.17, 15) is 9.59 Å². The largest absolute Gasteiger partial charge is 0.375 e. The predicted molar refractivity (Wildman–Crippen MR) is 99.9 cm³/mol. The van der Waals surface area contributed by atoms with Gasteiger partial charge in [-0.1, -0.05) is 23.5 Å². The Bertz CT molecular complexity index is 784. The van der Waals surface area contributed by atoms with Gasteiger partial charge < -0.3 is 15.0 Å². The van der Waals surface area contributed by atoms with E-state index in [0.717, 1.165) is 21.3 Å². The number of ether oxygens (including phenoxy) is 1. The van der Waals surface area contributed by atoms with E-state index in [-0.39, 0.29) is 24.3 Å². The van der Waals surface area contributed by atoms with Crippen LogP contribution in [0.4, 0.5) is 5.69 Å². The topological polar surface area (TPSA) is 84.4 Å². The summed E-state index contributed by atoms with van der Waals surface area (Å²) in [7, 11) is 1.51. The highest BCUT2D eigenvalue weighted by Gasteiger charge is 2.27. The lowest BCUT2D eigenvalue weighted by atomic mass is 9.95. The van der Waals surface area contributed by atoms with Gasteiger partial charge in [0, 0.05) is 37.4 Å². The molecule has 1 fully saturated rings. The van der Waals surface area contributed by atoms with Crippen LogP contribution in [-0.4, -0.2) is 53.7 Å². The summed E-state index contributed by atoms with van der Waals surface area (Å²) in [6.45, 7) is 3.18. The second kappa shape index (κ2) is 8.37. The normalized spacial score (nSPS) is 15.1. The highest BCUT2D eigenvalue weighted by atomic mass is 32.1. The van der Waals surface area contributed by atoms with Crippen LogP contribution in [0.25, 0.3) is 10.6 Å². The average Bonchev–Trinajstić information content (AvgIpc) is 3.09. The molecule has 2 heterocycles. The second-order valence-electron chi connectivity index (χ2n) is 6.28. The van der Waals surface area contributed by atoms with Crippen LogP contribution >= 0.6 is 11.3 Å². The first kappa shape index (κ1) is 18.5. The van der Waals surface area contributed by atoms with Gasteiger partial charge in [-0.25, -0.2) is 0 Å². The van der Waals surface area contributed by atoms with E-state index in [1.807, 2.05) is 31.2 Å². The van der Waals surface area contributed by atoms with Gasteiger partial charge in [-0.2, -0.15) is 0 Å². The summed E-state index contributed by atoms with van der Waals surface area (Å²) >= 11 is 1.52. The Kier molecular flexibility index (Phi) is 5.95. The number of rotatable bonds is 5. The summed E-state index contributed by atoms with van der Waals surface area (Å²) in [5.41, 5.74) is 1.69. The van der Waals surface area contributed by atoms with E-state index in [1.165, 1.54) is 18.4 Å². The molecule has 0 aliphatic carbocycles. The van der Waals surface area contributed by atoms with E-state index >= 15 is 0 Å². The van der Waals surface area contributed by atoms with Crippen LogP contribution in [0.3, 0.4) is 0 Å². The molecule has 2 amide bonds. The number of carbonyl (C=O) groups is 2. The van der Waals surface area contributed by atoms with Crippen LogP contribution in [0.1, 0.15) is 17.8 Å². The zero-order valence-corrected chi connectivity index (χ0v) is 15.7. The molecule has 26 heavy (non-hydrogen) atoms. The summed E-state index contributed by atoms with van der Waals surface area (Å²) in [4.78, 5) is 26.1. The number of likely N-dealkylation sites (tertiary alicyclic amines) is 1. The van der Waals surface area contributed by atoms with Crippen LogP contribution < -0.4 is 5.32 Å². The first-order chi connectivity index (χ1) is 12.6. The van der Waals surface area contributed by atoms with Crippen molar-refractivity contribution >= 4 is 28.8 Å². The number of nitrogens with zero attached hydrogens (tertiary/aromatic N) is 3. The summed E-state index contributed by atoms with van der Waals surface area (Å²) in [5.74, 6) is -0.116. The Morgan fingerprint density at radius 3 is 2.73 bits per heavy atom. The Morgan fingerprint density at radius 2 is 2.08 bits per heavy atom. The Hall–Kier alpha value is -2.32. The molecular weight excluding hydrogens is 352 g/mol. The average molecular weight is 374 g/mol. The zero-order chi connectivity index (χ0) is 18.5. The minimum absolute atomic E-state index is 0.00515. The van der Waals surface area contributed by atoms with Gasteiger partial charge in [-0.15, -0.1) is 10.2 Å². The number of benzene rings is 1. The Labute approximate surface area is 156 Å². The van der Waals surface area contributed by atoms with Crippen LogP contribution in [0.2, 0.25) is 0 Å². The van der Waals surface area contributed by atoms with Gasteiger partial charge in [-0.05, 0) is 31.9 Å². The number of amides is 2. The second-order valence-corrected chi connectivity index (χ2v) is 7.47. The zero-order valence-electron chi connectivity index (χ0n) is 14.9. The molecule has 1 aromatic heterocycles. The predicted octanol–water partition coefficient (Wildman–Crippen LogP) is 2.34. The molecule has 1 saturated heterocycles. The fraction of sp³-hybridized carbons (Fsp3) is 0.444. The summed E-state index contributed by atoms with van der Waals surface area (Å²) in [6.07, 6.45) is 1.33. The molecule has 8 heteroatoms. The van der Waals surface area contributed by atoms with Crippen LogP contribution in [0.5, 0.6) is 0 Å². The van der Waals surface area contributed by atoms with Gasteiger partial charge in [0.1, 0.15) is 16.6 Å². The van der Waals surface area contributed by atoms with Gasteiger partial charge in [0.15, 0.2) is 0 Å². The number of hydrogen-bond acceptors (Lipinski definition) is 6. The van der Waals surface area contributed by atoms with Crippen molar-refractivity contribution < 1.29 is 14.3 Å². The first-order valence-electron chi connectivity index (χ1n) is 8.55. The molecule has 3 rings (SSSR count). The van der Waals surface area contributed by atoms with Crippen LogP contribution in [0.15, 0.2) is 24.3 Å². The minimum atomic E-state index is -0.0889. The van der Waals surface area contributed by atoms with Crippen LogP contribution in [-0.2, 0) is 14.3 Å². The minimum Gasteiger partial charge on any atom is -0.375 e. The first-order valence-corrected chi connectivity index (χ1v) is 9.36. The van der Waals surface area contributed by atoms with Crippen molar-refractivity contribution in [2.45, 2.75) is 19.8 Å². The van der Waals surface area contributed by atoms with Crippen molar-refractivity contribution in [1.82, 2.24) is 15.1 Å². The molecule has 0 saturated carbocycles. The molecule has 0 radical (unpaired) electrons. The number of aromatic nitrogens is 2. The third kappa shape index (κ3) is 4.44. The SMILES string of the molecule is COCC(=O)N1CCC(C(=O)Nc2cccc(-c3nnc(C)s3)c2)CC1. The number of hydrogen-bond donors (Lipinski definition) is 1. The van der Waals surface area contributed by atoms with E-state index in [4.69, 9.17) is 4.74 Å². The third-order valence-electron chi connectivity index (χ3n) is 4.39. The van der Waals surface area contributed by atoms with Crippen molar-refractivity contribution in [2.24, 2.45) is 5.92 Å². The maximum absolute atomic E-state index is 12.6. The summed E-state index contributed by atoms with van der Waals surface area (Å²) < 4.78 is 4.88. The maximum Gasteiger partial charge on any atom is 0.248 e. The molecule has 1 aliphatic heterocycles. The van der Waals surface area contributed by atoms with Crippen molar-refractivity contribution in [1.29, 1.82) is 0 Å². The van der Waals surface area contributed by atoms with Gasteiger partial charge in [-0.3, -0.25) is 9.59 Å². The lowest BCUT2D eigenvalue weighted by Gasteiger charge is -2.31. The fourth-order valence-electron chi connectivity index (χ4n) is 2.99. The quantitative estimate of drug-likeness (QED) is 0.868. The number of methoxy groups -OCH3 is 1. The number of aryl methyl sites for hydroxylation is 1. The van der Waals surface area contributed by atoms with Gasteiger partial charge in [0.25, 0.3) is 0 Å². The molecule has 0 unspecified atom stereocenters. The Balaban J connectivity index is 1.58. The molecule has 2 aromatic rings.